The van der Waals surface area contributed by atoms with Gasteiger partial charge in [-0.15, -0.1) is 0 Å². The summed E-state index contributed by atoms with van der Waals surface area (Å²) in [4.78, 5) is 13.3. The standard InChI is InChI=1S/C20H24N2O5/c1-3-22(15-8-9-19-20(10-15)27-13-26-19)11-16(24)12-25-18-7-5-4-6-17(18)21-14(2)23/h4-10,16,24H,3,11-13H2,1-2H3,(H,21,23). The zero-order chi connectivity index (χ0) is 19.2. The molecule has 1 amide bonds. The number of carbonyl (C=O) groups excluding carboxylic acids is 1. The Kier molecular flexibility index (Phi) is 6.03. The molecule has 2 N–H and O–H groups in total. The molecule has 0 aliphatic carbocycles. The van der Waals surface area contributed by atoms with E-state index in [0.29, 0.717) is 23.7 Å². The molecule has 1 atom stereocenters. The number of aliphatic hydroxyl groups is 1. The second-order valence-electron chi connectivity index (χ2n) is 6.22. The number of anilines is 2. The van der Waals surface area contributed by atoms with E-state index in [0.717, 1.165) is 18.0 Å². The third-order valence-electron chi connectivity index (χ3n) is 4.16. The summed E-state index contributed by atoms with van der Waals surface area (Å²) in [6.07, 6.45) is -0.708. The van der Waals surface area contributed by atoms with Crippen LogP contribution in [0.15, 0.2) is 42.5 Å². The van der Waals surface area contributed by atoms with Crippen LogP contribution in [-0.2, 0) is 4.79 Å². The van der Waals surface area contributed by atoms with Crippen LogP contribution in [0.1, 0.15) is 13.8 Å². The van der Waals surface area contributed by atoms with Crippen molar-refractivity contribution in [1.82, 2.24) is 0 Å². The van der Waals surface area contributed by atoms with E-state index in [4.69, 9.17) is 14.2 Å². The fraction of sp³-hybridized carbons (Fsp3) is 0.350. The lowest BCUT2D eigenvalue weighted by atomic mass is 10.2. The third kappa shape index (κ3) is 4.83. The highest BCUT2D eigenvalue weighted by molar-refractivity contribution is 5.90. The van der Waals surface area contributed by atoms with Gasteiger partial charge in [0.1, 0.15) is 18.5 Å². The zero-order valence-electron chi connectivity index (χ0n) is 15.5. The zero-order valence-corrected chi connectivity index (χ0v) is 15.5. The first-order valence-electron chi connectivity index (χ1n) is 8.89. The Labute approximate surface area is 158 Å². The highest BCUT2D eigenvalue weighted by Crippen LogP contribution is 2.35. The van der Waals surface area contributed by atoms with E-state index < -0.39 is 6.10 Å². The number of nitrogens with one attached hydrogen (secondary N) is 1. The minimum atomic E-state index is -0.708. The molecule has 0 spiro atoms. The predicted octanol–water partition coefficient (Wildman–Crippen LogP) is 2.64. The molecule has 0 fully saturated rings. The topological polar surface area (TPSA) is 80.3 Å². The van der Waals surface area contributed by atoms with Gasteiger partial charge in [0.25, 0.3) is 0 Å². The first-order chi connectivity index (χ1) is 13.1. The second-order valence-corrected chi connectivity index (χ2v) is 6.22. The molecule has 0 aromatic heterocycles. The Hall–Kier alpha value is -2.93. The minimum Gasteiger partial charge on any atom is -0.489 e. The lowest BCUT2D eigenvalue weighted by molar-refractivity contribution is -0.114. The molecule has 2 aromatic carbocycles. The van der Waals surface area contributed by atoms with Crippen LogP contribution in [0.25, 0.3) is 0 Å². The first-order valence-corrected chi connectivity index (χ1v) is 8.89. The summed E-state index contributed by atoms with van der Waals surface area (Å²) in [5.74, 6) is 1.79. The Balaban J connectivity index is 1.60. The number of fused-ring (bicyclic) bond motifs is 1. The lowest BCUT2D eigenvalue weighted by Crippen LogP contribution is -2.35. The maximum Gasteiger partial charge on any atom is 0.231 e. The number of carbonyl (C=O) groups is 1. The van der Waals surface area contributed by atoms with Gasteiger partial charge < -0.3 is 29.5 Å². The number of para-hydroxylation sites is 2. The third-order valence-corrected chi connectivity index (χ3v) is 4.16. The summed E-state index contributed by atoms with van der Waals surface area (Å²) >= 11 is 0. The highest BCUT2D eigenvalue weighted by Gasteiger charge is 2.18. The first kappa shape index (κ1) is 18.8. The van der Waals surface area contributed by atoms with Crippen molar-refractivity contribution in [3.8, 4) is 17.2 Å². The van der Waals surface area contributed by atoms with Gasteiger partial charge in [0.15, 0.2) is 11.5 Å². The molecule has 1 unspecified atom stereocenters. The summed E-state index contributed by atoms with van der Waals surface area (Å²) in [5, 5.41) is 13.1. The van der Waals surface area contributed by atoms with Gasteiger partial charge in [-0.25, -0.2) is 0 Å². The molecule has 1 aliphatic rings. The molecule has 2 aromatic rings. The smallest absolute Gasteiger partial charge is 0.231 e. The SMILES string of the molecule is CCN(CC(O)COc1ccccc1NC(C)=O)c1ccc2c(c1)OCO2. The number of ether oxygens (including phenoxy) is 3. The lowest BCUT2D eigenvalue weighted by Gasteiger charge is -2.26. The van der Waals surface area contributed by atoms with Crippen LogP contribution in [0.3, 0.4) is 0 Å². The van der Waals surface area contributed by atoms with Gasteiger partial charge in [0.2, 0.25) is 12.7 Å². The van der Waals surface area contributed by atoms with Gasteiger partial charge in [-0.2, -0.15) is 0 Å². The molecule has 27 heavy (non-hydrogen) atoms. The maximum absolute atomic E-state index is 11.3. The van der Waals surface area contributed by atoms with E-state index in [1.54, 1.807) is 12.1 Å². The molecule has 7 nitrogen and oxygen atoms in total. The van der Waals surface area contributed by atoms with Crippen molar-refractivity contribution in [2.75, 3.05) is 36.7 Å². The Morgan fingerprint density at radius 2 is 2.04 bits per heavy atom. The number of benzene rings is 2. The summed E-state index contributed by atoms with van der Waals surface area (Å²) < 4.78 is 16.5. The van der Waals surface area contributed by atoms with Crippen LogP contribution < -0.4 is 24.4 Å². The van der Waals surface area contributed by atoms with Crippen molar-refractivity contribution in [3.05, 3.63) is 42.5 Å². The van der Waals surface area contributed by atoms with Gasteiger partial charge in [-0.3, -0.25) is 4.79 Å². The highest BCUT2D eigenvalue weighted by atomic mass is 16.7. The van der Waals surface area contributed by atoms with E-state index >= 15 is 0 Å². The molecule has 0 radical (unpaired) electrons. The number of aliphatic hydroxyl groups excluding tert-OH is 1. The molecule has 0 saturated carbocycles. The summed E-state index contributed by atoms with van der Waals surface area (Å²) in [5.41, 5.74) is 1.53. The van der Waals surface area contributed by atoms with Crippen LogP contribution in [0, 0.1) is 0 Å². The van der Waals surface area contributed by atoms with Crippen LogP contribution in [0.4, 0.5) is 11.4 Å². The summed E-state index contributed by atoms with van der Waals surface area (Å²) in [6.45, 7) is 4.92. The van der Waals surface area contributed by atoms with Crippen molar-refractivity contribution in [1.29, 1.82) is 0 Å². The Morgan fingerprint density at radius 3 is 2.81 bits per heavy atom. The molecule has 7 heteroatoms. The number of rotatable bonds is 8. The largest absolute Gasteiger partial charge is 0.489 e. The average Bonchev–Trinajstić information content (AvgIpc) is 3.12. The summed E-state index contributed by atoms with van der Waals surface area (Å²) in [7, 11) is 0. The normalized spacial score (nSPS) is 13.1. The second kappa shape index (κ2) is 8.64. The van der Waals surface area contributed by atoms with E-state index in [-0.39, 0.29) is 19.3 Å². The molecule has 1 aliphatic heterocycles. The van der Waals surface area contributed by atoms with Gasteiger partial charge in [-0.05, 0) is 31.2 Å². The molecule has 144 valence electrons. The fourth-order valence-electron chi connectivity index (χ4n) is 2.88. The number of nitrogens with zero attached hydrogens (tertiary/aromatic N) is 1. The van der Waals surface area contributed by atoms with Crippen molar-refractivity contribution < 1.29 is 24.1 Å². The molecule has 3 rings (SSSR count). The monoisotopic (exact) mass is 372 g/mol. The van der Waals surface area contributed by atoms with Crippen molar-refractivity contribution in [2.45, 2.75) is 20.0 Å². The van der Waals surface area contributed by atoms with E-state index in [1.165, 1.54) is 6.92 Å². The molecule has 1 heterocycles. The molecule has 0 bridgehead atoms. The van der Waals surface area contributed by atoms with E-state index in [2.05, 4.69) is 5.32 Å². The number of amides is 1. The van der Waals surface area contributed by atoms with E-state index in [1.807, 2.05) is 42.2 Å². The Bertz CT molecular complexity index is 796. The van der Waals surface area contributed by atoms with Crippen molar-refractivity contribution >= 4 is 17.3 Å². The number of likely N-dealkylation sites (N-methyl/N-ethyl adjacent to an activating group) is 1. The predicted molar refractivity (Wildman–Crippen MR) is 103 cm³/mol. The van der Waals surface area contributed by atoms with Crippen molar-refractivity contribution in [2.24, 2.45) is 0 Å². The van der Waals surface area contributed by atoms with Gasteiger partial charge in [0, 0.05) is 31.8 Å². The number of hydrogen-bond donors (Lipinski definition) is 2. The fourth-order valence-corrected chi connectivity index (χ4v) is 2.88. The minimum absolute atomic E-state index is 0.109. The molecular formula is C20H24N2O5. The summed E-state index contributed by atoms with van der Waals surface area (Å²) in [6, 6.07) is 12.9. The van der Waals surface area contributed by atoms with E-state index in [9.17, 15) is 9.90 Å². The Morgan fingerprint density at radius 1 is 1.26 bits per heavy atom. The quantitative estimate of drug-likeness (QED) is 0.742. The van der Waals surface area contributed by atoms with Crippen LogP contribution in [0.2, 0.25) is 0 Å². The van der Waals surface area contributed by atoms with Gasteiger partial charge in [0.05, 0.1) is 5.69 Å². The van der Waals surface area contributed by atoms with Crippen molar-refractivity contribution in [3.63, 3.8) is 0 Å². The van der Waals surface area contributed by atoms with Crippen LogP contribution in [0.5, 0.6) is 17.2 Å². The maximum atomic E-state index is 11.3. The average molecular weight is 372 g/mol. The van der Waals surface area contributed by atoms with Crippen LogP contribution >= 0.6 is 0 Å². The number of hydrogen-bond acceptors (Lipinski definition) is 6. The van der Waals surface area contributed by atoms with Gasteiger partial charge >= 0.3 is 0 Å². The molecular weight excluding hydrogens is 348 g/mol. The van der Waals surface area contributed by atoms with Crippen LogP contribution in [-0.4, -0.2) is 43.6 Å². The molecule has 0 saturated heterocycles. The van der Waals surface area contributed by atoms with Gasteiger partial charge in [-0.1, -0.05) is 12.1 Å².